The van der Waals surface area contributed by atoms with E-state index in [4.69, 9.17) is 0 Å². The molecule has 4 nitrogen and oxygen atoms in total. The molecule has 0 spiro atoms. The summed E-state index contributed by atoms with van der Waals surface area (Å²) in [5, 5.41) is 0. The van der Waals surface area contributed by atoms with Crippen LogP contribution in [0.15, 0.2) is 27.6 Å². The molecule has 19 heavy (non-hydrogen) atoms. The second-order valence-corrected chi connectivity index (χ2v) is 8.55. The molecule has 1 heterocycles. The smallest absolute Gasteiger partial charge is 0.241 e. The van der Waals surface area contributed by atoms with Crippen LogP contribution in [0.25, 0.3) is 0 Å². The van der Waals surface area contributed by atoms with Gasteiger partial charge in [-0.25, -0.2) is 17.5 Å². The third-order valence-electron chi connectivity index (χ3n) is 2.89. The summed E-state index contributed by atoms with van der Waals surface area (Å²) in [6, 6.07) is 3.24. The molecule has 0 amide bonds. The van der Waals surface area contributed by atoms with Gasteiger partial charge in [0, 0.05) is 32.8 Å². The zero-order valence-electron chi connectivity index (χ0n) is 9.93. The summed E-state index contributed by atoms with van der Waals surface area (Å²) >= 11 is 3.05. The second kappa shape index (κ2) is 5.99. The summed E-state index contributed by atoms with van der Waals surface area (Å²) in [6.07, 6.45) is 1.12. The van der Waals surface area contributed by atoms with E-state index in [1.165, 1.54) is 6.07 Å². The molecule has 2 rings (SSSR count). The molecule has 0 atom stereocenters. The predicted octanol–water partition coefficient (Wildman–Crippen LogP) is 1.78. The highest BCUT2D eigenvalue weighted by atomic mass is 79.9. The lowest BCUT2D eigenvalue weighted by Crippen LogP contribution is -2.39. The van der Waals surface area contributed by atoms with E-state index >= 15 is 0 Å². The highest BCUT2D eigenvalue weighted by Crippen LogP contribution is 2.23. The minimum absolute atomic E-state index is 0.0144. The molecule has 0 aliphatic carbocycles. The van der Waals surface area contributed by atoms with Crippen LogP contribution in [0.5, 0.6) is 0 Å². The fourth-order valence-corrected chi connectivity index (χ4v) is 5.54. The molecule has 0 radical (unpaired) electrons. The van der Waals surface area contributed by atoms with Crippen molar-refractivity contribution >= 4 is 36.8 Å². The van der Waals surface area contributed by atoms with Gasteiger partial charge in [0.1, 0.15) is 5.82 Å². The van der Waals surface area contributed by atoms with Crippen molar-refractivity contribution in [2.45, 2.75) is 23.8 Å². The van der Waals surface area contributed by atoms with Gasteiger partial charge in [0.15, 0.2) is 0 Å². The van der Waals surface area contributed by atoms with Crippen molar-refractivity contribution in [2.24, 2.45) is 0 Å². The van der Waals surface area contributed by atoms with Gasteiger partial charge in [-0.3, -0.25) is 4.21 Å². The maximum Gasteiger partial charge on any atom is 0.241 e. The van der Waals surface area contributed by atoms with Gasteiger partial charge in [0.2, 0.25) is 10.0 Å². The molecule has 0 saturated carbocycles. The molecule has 8 heteroatoms. The van der Waals surface area contributed by atoms with Crippen LogP contribution in [0.3, 0.4) is 0 Å². The Balaban J connectivity index is 2.16. The van der Waals surface area contributed by atoms with E-state index in [9.17, 15) is 17.0 Å². The summed E-state index contributed by atoms with van der Waals surface area (Å²) < 4.78 is 51.3. The molecule has 1 aliphatic heterocycles. The van der Waals surface area contributed by atoms with Crippen molar-refractivity contribution in [1.82, 2.24) is 4.72 Å². The highest BCUT2D eigenvalue weighted by Gasteiger charge is 2.25. The number of hydrogen-bond donors (Lipinski definition) is 1. The van der Waals surface area contributed by atoms with Gasteiger partial charge in [-0.2, -0.15) is 0 Å². The summed E-state index contributed by atoms with van der Waals surface area (Å²) in [6.45, 7) is 0. The first-order valence-corrected chi connectivity index (χ1v) is 9.47. The summed E-state index contributed by atoms with van der Waals surface area (Å²) in [7, 11) is -4.52. The van der Waals surface area contributed by atoms with E-state index in [-0.39, 0.29) is 15.4 Å². The number of hydrogen-bond acceptors (Lipinski definition) is 3. The largest absolute Gasteiger partial charge is 0.260 e. The Kier molecular flexibility index (Phi) is 4.75. The van der Waals surface area contributed by atoms with E-state index in [0.29, 0.717) is 24.3 Å². The molecule has 0 aromatic heterocycles. The van der Waals surface area contributed by atoms with Crippen molar-refractivity contribution in [2.75, 3.05) is 11.5 Å². The van der Waals surface area contributed by atoms with Crippen LogP contribution in [-0.4, -0.2) is 30.2 Å². The summed E-state index contributed by atoms with van der Waals surface area (Å²) in [5.41, 5.74) is 0. The maximum absolute atomic E-state index is 13.0. The Morgan fingerprint density at radius 1 is 1.32 bits per heavy atom. The van der Waals surface area contributed by atoms with Crippen LogP contribution in [0.2, 0.25) is 0 Å². The SMILES string of the molecule is O=S1CCC(NS(=O)(=O)c2ccc(F)cc2Br)CC1. The number of halogens is 2. The third-order valence-corrected chi connectivity index (χ3v) is 6.77. The first-order chi connectivity index (χ1) is 8.88. The minimum atomic E-state index is -3.69. The number of rotatable bonds is 3. The van der Waals surface area contributed by atoms with Crippen molar-refractivity contribution < 1.29 is 17.0 Å². The lowest BCUT2D eigenvalue weighted by molar-refractivity contribution is 0.521. The van der Waals surface area contributed by atoms with Crippen molar-refractivity contribution in [3.8, 4) is 0 Å². The molecule has 106 valence electrons. The average molecular weight is 370 g/mol. The summed E-state index contributed by atoms with van der Waals surface area (Å²) in [5.74, 6) is 0.522. The topological polar surface area (TPSA) is 63.2 Å². The number of sulfonamides is 1. The Hall–Kier alpha value is -0.310. The normalized spacial score (nSPS) is 24.3. The average Bonchev–Trinajstić information content (AvgIpc) is 2.31. The maximum atomic E-state index is 13.0. The van der Waals surface area contributed by atoms with E-state index < -0.39 is 26.6 Å². The van der Waals surface area contributed by atoms with Crippen LogP contribution in [0.1, 0.15) is 12.8 Å². The first kappa shape index (κ1) is 15.1. The fourth-order valence-electron chi connectivity index (χ4n) is 1.89. The standard InChI is InChI=1S/C11H13BrFNO3S2/c12-10-7-8(13)1-2-11(10)19(16,17)14-9-3-5-18(15)6-4-9/h1-2,7,9,14H,3-6H2. The Bertz CT molecular complexity index is 596. The molecule has 1 aromatic rings. The van der Waals surface area contributed by atoms with Crippen molar-refractivity contribution in [3.05, 3.63) is 28.5 Å². The van der Waals surface area contributed by atoms with Crippen LogP contribution < -0.4 is 4.72 Å². The molecule has 1 aliphatic rings. The zero-order chi connectivity index (χ0) is 14.0. The monoisotopic (exact) mass is 369 g/mol. The molecule has 1 saturated heterocycles. The highest BCUT2D eigenvalue weighted by molar-refractivity contribution is 9.10. The number of benzene rings is 1. The molecule has 0 bridgehead atoms. The molecule has 1 fully saturated rings. The van der Waals surface area contributed by atoms with Gasteiger partial charge >= 0.3 is 0 Å². The van der Waals surface area contributed by atoms with E-state index in [1.54, 1.807) is 0 Å². The molecular formula is C11H13BrFNO3S2. The van der Waals surface area contributed by atoms with Crippen molar-refractivity contribution in [3.63, 3.8) is 0 Å². The van der Waals surface area contributed by atoms with Gasteiger partial charge in [-0.15, -0.1) is 0 Å². The lowest BCUT2D eigenvalue weighted by Gasteiger charge is -2.22. The Morgan fingerprint density at radius 2 is 1.95 bits per heavy atom. The van der Waals surface area contributed by atoms with E-state index in [2.05, 4.69) is 20.7 Å². The molecular weight excluding hydrogens is 357 g/mol. The predicted molar refractivity (Wildman–Crippen MR) is 75.3 cm³/mol. The van der Waals surface area contributed by atoms with Gasteiger partial charge in [0.25, 0.3) is 0 Å². The zero-order valence-corrected chi connectivity index (χ0v) is 13.2. The van der Waals surface area contributed by atoms with E-state index in [0.717, 1.165) is 12.1 Å². The van der Waals surface area contributed by atoms with E-state index in [1.807, 2.05) is 0 Å². The minimum Gasteiger partial charge on any atom is -0.260 e. The molecule has 1 N–H and O–H groups in total. The quantitative estimate of drug-likeness (QED) is 0.882. The van der Waals surface area contributed by atoms with Gasteiger partial charge in [-0.1, -0.05) is 0 Å². The van der Waals surface area contributed by atoms with Gasteiger partial charge in [0.05, 0.1) is 4.90 Å². The number of nitrogens with one attached hydrogen (secondary N) is 1. The second-order valence-electron chi connectivity index (χ2n) is 4.32. The summed E-state index contributed by atoms with van der Waals surface area (Å²) in [4.78, 5) is 0.0144. The van der Waals surface area contributed by atoms with Crippen molar-refractivity contribution in [1.29, 1.82) is 0 Å². The van der Waals surface area contributed by atoms with Gasteiger partial charge in [-0.05, 0) is 47.0 Å². The Morgan fingerprint density at radius 3 is 2.53 bits per heavy atom. The van der Waals surface area contributed by atoms with Crippen LogP contribution in [-0.2, 0) is 20.8 Å². The molecule has 0 unspecified atom stereocenters. The Labute approximate surface area is 122 Å². The third kappa shape index (κ3) is 3.84. The van der Waals surface area contributed by atoms with Crippen LogP contribution in [0.4, 0.5) is 4.39 Å². The van der Waals surface area contributed by atoms with Crippen LogP contribution >= 0.6 is 15.9 Å². The van der Waals surface area contributed by atoms with Gasteiger partial charge < -0.3 is 0 Å². The fraction of sp³-hybridized carbons (Fsp3) is 0.455. The van der Waals surface area contributed by atoms with Crippen LogP contribution in [0, 0.1) is 5.82 Å². The molecule has 1 aromatic carbocycles. The lowest BCUT2D eigenvalue weighted by atomic mass is 10.2. The first-order valence-electron chi connectivity index (χ1n) is 5.71.